The molecular formula is C16H13Cl3N2O3. The van der Waals surface area contributed by atoms with E-state index in [1.54, 1.807) is 36.4 Å². The maximum absolute atomic E-state index is 11.8. The highest BCUT2D eigenvalue weighted by Crippen LogP contribution is 2.27. The van der Waals surface area contributed by atoms with Crippen molar-refractivity contribution < 1.29 is 14.3 Å². The lowest BCUT2D eigenvalue weighted by atomic mass is 10.3. The van der Waals surface area contributed by atoms with E-state index in [1.807, 2.05) is 0 Å². The number of amides is 2. The first-order chi connectivity index (χ1) is 11.5. The molecule has 8 heteroatoms. The molecule has 0 saturated heterocycles. The summed E-state index contributed by atoms with van der Waals surface area (Å²) in [5, 5.41) is 6.21. The number of anilines is 1. The van der Waals surface area contributed by atoms with Gasteiger partial charge in [0.25, 0.3) is 5.91 Å². The van der Waals surface area contributed by atoms with Crippen molar-refractivity contribution in [2.24, 2.45) is 0 Å². The molecule has 5 nitrogen and oxygen atoms in total. The number of para-hydroxylation sites is 1. The van der Waals surface area contributed by atoms with Gasteiger partial charge in [-0.25, -0.2) is 0 Å². The number of halogens is 3. The van der Waals surface area contributed by atoms with E-state index in [-0.39, 0.29) is 13.2 Å². The van der Waals surface area contributed by atoms with Gasteiger partial charge < -0.3 is 15.4 Å². The average Bonchev–Trinajstić information content (AvgIpc) is 2.54. The SMILES string of the molecule is O=C(COc1ccc(Cl)cc1Cl)NCC(=O)Nc1ccccc1Cl. The van der Waals surface area contributed by atoms with Crippen LogP contribution in [-0.4, -0.2) is 25.0 Å². The van der Waals surface area contributed by atoms with Crippen molar-refractivity contribution in [3.8, 4) is 5.75 Å². The molecule has 0 fully saturated rings. The van der Waals surface area contributed by atoms with Gasteiger partial charge in [0.15, 0.2) is 6.61 Å². The summed E-state index contributed by atoms with van der Waals surface area (Å²) in [5.41, 5.74) is 0.475. The molecule has 24 heavy (non-hydrogen) atoms. The zero-order valence-corrected chi connectivity index (χ0v) is 14.6. The van der Waals surface area contributed by atoms with Crippen LogP contribution in [0.5, 0.6) is 5.75 Å². The Morgan fingerprint density at radius 3 is 2.42 bits per heavy atom. The predicted octanol–water partition coefficient (Wildman–Crippen LogP) is 3.78. The topological polar surface area (TPSA) is 67.4 Å². The zero-order chi connectivity index (χ0) is 17.5. The normalized spacial score (nSPS) is 10.1. The molecule has 2 rings (SSSR count). The van der Waals surface area contributed by atoms with Gasteiger partial charge in [-0.3, -0.25) is 9.59 Å². The van der Waals surface area contributed by atoms with Crippen LogP contribution < -0.4 is 15.4 Å². The highest BCUT2D eigenvalue weighted by Gasteiger charge is 2.09. The first-order valence-corrected chi connectivity index (χ1v) is 7.98. The molecule has 0 atom stereocenters. The Kier molecular flexibility index (Phi) is 6.73. The molecular weight excluding hydrogens is 375 g/mol. The van der Waals surface area contributed by atoms with Crippen LogP contribution in [0.1, 0.15) is 0 Å². The minimum Gasteiger partial charge on any atom is -0.482 e. The molecule has 0 aliphatic carbocycles. The Balaban J connectivity index is 1.76. The van der Waals surface area contributed by atoms with Gasteiger partial charge in [-0.15, -0.1) is 0 Å². The number of hydrogen-bond donors (Lipinski definition) is 2. The standard InChI is InChI=1S/C16H13Cl3N2O3/c17-10-5-6-14(12(19)7-10)24-9-16(23)20-8-15(22)21-13-4-2-1-3-11(13)18/h1-7H,8-9H2,(H,20,23)(H,21,22). The Labute approximate surface area is 153 Å². The third-order valence-corrected chi connectivity index (χ3v) is 3.71. The van der Waals surface area contributed by atoms with E-state index < -0.39 is 11.8 Å². The third-order valence-electron chi connectivity index (χ3n) is 2.85. The molecule has 2 aromatic carbocycles. The smallest absolute Gasteiger partial charge is 0.258 e. The number of hydrogen-bond acceptors (Lipinski definition) is 3. The first kappa shape index (κ1) is 18.4. The van der Waals surface area contributed by atoms with Crippen molar-refractivity contribution in [1.82, 2.24) is 5.32 Å². The number of nitrogens with one attached hydrogen (secondary N) is 2. The number of benzene rings is 2. The van der Waals surface area contributed by atoms with Gasteiger partial charge in [0.2, 0.25) is 5.91 Å². The van der Waals surface area contributed by atoms with Gasteiger partial charge in [-0.2, -0.15) is 0 Å². The van der Waals surface area contributed by atoms with Gasteiger partial charge in [0, 0.05) is 5.02 Å². The first-order valence-electron chi connectivity index (χ1n) is 6.84. The van der Waals surface area contributed by atoms with Crippen molar-refractivity contribution >= 4 is 52.3 Å². The number of rotatable bonds is 6. The van der Waals surface area contributed by atoms with Gasteiger partial charge >= 0.3 is 0 Å². The molecule has 0 bridgehead atoms. The molecule has 0 aliphatic heterocycles. The van der Waals surface area contributed by atoms with E-state index >= 15 is 0 Å². The summed E-state index contributed by atoms with van der Waals surface area (Å²) in [4.78, 5) is 23.5. The number of ether oxygens (including phenoxy) is 1. The van der Waals surface area contributed by atoms with Crippen molar-refractivity contribution in [3.05, 3.63) is 57.5 Å². The summed E-state index contributed by atoms with van der Waals surface area (Å²) in [5.74, 6) is -0.534. The van der Waals surface area contributed by atoms with Gasteiger partial charge in [-0.1, -0.05) is 46.9 Å². The fourth-order valence-corrected chi connectivity index (χ4v) is 2.37. The average molecular weight is 388 g/mol. The van der Waals surface area contributed by atoms with E-state index in [9.17, 15) is 9.59 Å². The third kappa shape index (κ3) is 5.60. The fourth-order valence-electron chi connectivity index (χ4n) is 1.72. The lowest BCUT2D eigenvalue weighted by Crippen LogP contribution is -2.35. The Bertz CT molecular complexity index is 753. The van der Waals surface area contributed by atoms with Crippen molar-refractivity contribution in [2.45, 2.75) is 0 Å². The number of carbonyl (C=O) groups is 2. The molecule has 2 amide bonds. The van der Waals surface area contributed by atoms with E-state index in [0.29, 0.717) is 26.5 Å². The second kappa shape index (κ2) is 8.78. The Hall–Kier alpha value is -1.95. The molecule has 2 N–H and O–H groups in total. The van der Waals surface area contributed by atoms with Gasteiger partial charge in [0.1, 0.15) is 5.75 Å². The van der Waals surface area contributed by atoms with E-state index in [2.05, 4.69) is 10.6 Å². The molecule has 0 aromatic heterocycles. The summed E-state index contributed by atoms with van der Waals surface area (Å²) >= 11 is 17.6. The highest BCUT2D eigenvalue weighted by molar-refractivity contribution is 6.35. The van der Waals surface area contributed by atoms with Crippen LogP contribution in [0, 0.1) is 0 Å². The molecule has 2 aromatic rings. The summed E-state index contributed by atoms with van der Waals surface area (Å²) in [6.45, 7) is -0.484. The van der Waals surface area contributed by atoms with E-state index in [4.69, 9.17) is 39.5 Å². The highest BCUT2D eigenvalue weighted by atomic mass is 35.5. The van der Waals surface area contributed by atoms with Crippen LogP contribution in [0.2, 0.25) is 15.1 Å². The van der Waals surface area contributed by atoms with Crippen LogP contribution in [0.4, 0.5) is 5.69 Å². The van der Waals surface area contributed by atoms with Crippen LogP contribution >= 0.6 is 34.8 Å². The van der Waals surface area contributed by atoms with Gasteiger partial charge in [-0.05, 0) is 30.3 Å². The second-order valence-electron chi connectivity index (χ2n) is 4.67. The minimum atomic E-state index is -0.463. The van der Waals surface area contributed by atoms with Crippen LogP contribution in [0.25, 0.3) is 0 Å². The predicted molar refractivity (Wildman–Crippen MR) is 95.0 cm³/mol. The van der Waals surface area contributed by atoms with E-state index in [0.717, 1.165) is 0 Å². The van der Waals surface area contributed by atoms with E-state index in [1.165, 1.54) is 6.07 Å². The minimum absolute atomic E-state index is 0.207. The van der Waals surface area contributed by atoms with Crippen LogP contribution in [-0.2, 0) is 9.59 Å². The molecule has 126 valence electrons. The summed E-state index contributed by atoms with van der Waals surface area (Å²) in [6.07, 6.45) is 0. The Morgan fingerprint density at radius 1 is 0.958 bits per heavy atom. The zero-order valence-electron chi connectivity index (χ0n) is 12.3. The lowest BCUT2D eigenvalue weighted by molar-refractivity contribution is -0.125. The largest absolute Gasteiger partial charge is 0.482 e. The molecule has 0 unspecified atom stereocenters. The molecule has 0 spiro atoms. The maximum atomic E-state index is 11.8. The van der Waals surface area contributed by atoms with Crippen molar-refractivity contribution in [2.75, 3.05) is 18.5 Å². The van der Waals surface area contributed by atoms with Crippen LogP contribution in [0.3, 0.4) is 0 Å². The van der Waals surface area contributed by atoms with Crippen molar-refractivity contribution in [3.63, 3.8) is 0 Å². The van der Waals surface area contributed by atoms with Crippen molar-refractivity contribution in [1.29, 1.82) is 0 Å². The number of carbonyl (C=O) groups excluding carboxylic acids is 2. The fraction of sp³-hybridized carbons (Fsp3) is 0.125. The summed E-state index contributed by atoms with van der Waals surface area (Å²) in [6, 6.07) is 11.5. The van der Waals surface area contributed by atoms with Gasteiger partial charge in [0.05, 0.1) is 22.3 Å². The summed E-state index contributed by atoms with van der Waals surface area (Å²) in [7, 11) is 0. The molecule has 0 aliphatic rings. The monoisotopic (exact) mass is 386 g/mol. The summed E-state index contributed by atoms with van der Waals surface area (Å²) < 4.78 is 5.27. The Morgan fingerprint density at radius 2 is 1.71 bits per heavy atom. The molecule has 0 radical (unpaired) electrons. The maximum Gasteiger partial charge on any atom is 0.258 e. The molecule has 0 saturated carbocycles. The quantitative estimate of drug-likeness (QED) is 0.792. The second-order valence-corrected chi connectivity index (χ2v) is 5.92. The van der Waals surface area contributed by atoms with Crippen LogP contribution in [0.15, 0.2) is 42.5 Å². The molecule has 0 heterocycles. The lowest BCUT2D eigenvalue weighted by Gasteiger charge is -2.10.